The van der Waals surface area contributed by atoms with Gasteiger partial charge in [0.25, 0.3) is 0 Å². The van der Waals surface area contributed by atoms with Crippen molar-refractivity contribution in [1.29, 1.82) is 0 Å². The Morgan fingerprint density at radius 1 is 0.875 bits per heavy atom. The Kier molecular flexibility index (Phi) is 4.06. The lowest BCUT2D eigenvalue weighted by Crippen LogP contribution is -1.98. The van der Waals surface area contributed by atoms with Crippen molar-refractivity contribution >= 4 is 44.3 Å². The fourth-order valence-electron chi connectivity index (χ4n) is 2.92. The first-order chi connectivity index (χ1) is 11.6. The molecule has 0 saturated carbocycles. The molecule has 1 atom stereocenters. The van der Waals surface area contributed by atoms with Crippen LogP contribution < -0.4 is 0 Å². The first-order valence-corrected chi connectivity index (χ1v) is 9.76. The zero-order chi connectivity index (χ0) is 16.7. The molecule has 0 saturated heterocycles. The maximum absolute atomic E-state index is 4.82. The molecule has 0 bridgehead atoms. The molecule has 5 heteroatoms. The SMILES string of the molecule is CC(C)c1ccc2nc(CC(C)c3ccc4nsnc4c3)sc2c1. The average Bonchev–Trinajstić information content (AvgIpc) is 3.18. The Hall–Kier alpha value is -1.85. The number of benzene rings is 2. The molecule has 0 amide bonds. The first-order valence-electron chi connectivity index (χ1n) is 8.22. The van der Waals surface area contributed by atoms with Crippen molar-refractivity contribution in [2.45, 2.75) is 39.0 Å². The predicted molar refractivity (Wildman–Crippen MR) is 103 cm³/mol. The lowest BCUT2D eigenvalue weighted by molar-refractivity contribution is 0.757. The van der Waals surface area contributed by atoms with Crippen LogP contribution in [0.15, 0.2) is 36.4 Å². The lowest BCUT2D eigenvalue weighted by Gasteiger charge is -2.09. The normalized spacial score (nSPS) is 13.2. The van der Waals surface area contributed by atoms with Crippen LogP contribution in [-0.4, -0.2) is 13.7 Å². The molecule has 0 aliphatic heterocycles. The van der Waals surface area contributed by atoms with E-state index in [9.17, 15) is 0 Å². The highest BCUT2D eigenvalue weighted by molar-refractivity contribution is 7.18. The average molecular weight is 354 g/mol. The molecule has 24 heavy (non-hydrogen) atoms. The molecule has 2 aromatic carbocycles. The van der Waals surface area contributed by atoms with Crippen LogP contribution in [-0.2, 0) is 6.42 Å². The van der Waals surface area contributed by atoms with Crippen molar-refractivity contribution < 1.29 is 0 Å². The van der Waals surface area contributed by atoms with E-state index in [4.69, 9.17) is 4.98 Å². The molecule has 0 aliphatic rings. The third kappa shape index (κ3) is 2.94. The summed E-state index contributed by atoms with van der Waals surface area (Å²) in [6.45, 7) is 6.72. The predicted octanol–water partition coefficient (Wildman–Crippen LogP) is 5.77. The molecule has 0 N–H and O–H groups in total. The zero-order valence-electron chi connectivity index (χ0n) is 14.0. The van der Waals surface area contributed by atoms with Crippen LogP contribution in [0.5, 0.6) is 0 Å². The third-order valence-electron chi connectivity index (χ3n) is 4.45. The second-order valence-corrected chi connectivity index (χ2v) is 8.25. The number of nitrogens with zero attached hydrogens (tertiary/aromatic N) is 3. The van der Waals surface area contributed by atoms with Crippen LogP contribution in [0, 0.1) is 0 Å². The quantitative estimate of drug-likeness (QED) is 0.467. The van der Waals surface area contributed by atoms with Gasteiger partial charge in [-0.3, -0.25) is 0 Å². The minimum absolute atomic E-state index is 0.418. The fraction of sp³-hybridized carbons (Fsp3) is 0.316. The van der Waals surface area contributed by atoms with E-state index in [0.29, 0.717) is 11.8 Å². The fourth-order valence-corrected chi connectivity index (χ4v) is 4.58. The van der Waals surface area contributed by atoms with Crippen molar-refractivity contribution in [2.24, 2.45) is 0 Å². The largest absolute Gasteiger partial charge is 0.241 e. The van der Waals surface area contributed by atoms with Gasteiger partial charge in [0.05, 0.1) is 27.0 Å². The number of hydrogen-bond donors (Lipinski definition) is 0. The summed E-state index contributed by atoms with van der Waals surface area (Å²) in [5, 5.41) is 1.20. The standard InChI is InChI=1S/C19H19N3S2/c1-11(2)13-4-7-16-18(10-13)23-19(20-16)8-12(3)14-5-6-15-17(9-14)22-24-21-15/h4-7,9-12H,8H2,1-3H3. The van der Waals surface area contributed by atoms with Crippen LogP contribution in [0.4, 0.5) is 0 Å². The van der Waals surface area contributed by atoms with Crippen molar-refractivity contribution in [3.05, 3.63) is 52.5 Å². The Morgan fingerprint density at radius 3 is 2.46 bits per heavy atom. The number of rotatable bonds is 4. The van der Waals surface area contributed by atoms with Crippen molar-refractivity contribution in [1.82, 2.24) is 13.7 Å². The number of hydrogen-bond acceptors (Lipinski definition) is 5. The van der Waals surface area contributed by atoms with Crippen molar-refractivity contribution in [2.75, 3.05) is 0 Å². The number of thiazole rings is 1. The summed E-state index contributed by atoms with van der Waals surface area (Å²) in [4.78, 5) is 4.82. The highest BCUT2D eigenvalue weighted by Gasteiger charge is 2.13. The van der Waals surface area contributed by atoms with E-state index >= 15 is 0 Å². The second-order valence-electron chi connectivity index (χ2n) is 6.61. The topological polar surface area (TPSA) is 38.7 Å². The van der Waals surface area contributed by atoms with Gasteiger partial charge in [0.1, 0.15) is 11.0 Å². The van der Waals surface area contributed by atoms with Gasteiger partial charge in [0.2, 0.25) is 0 Å². The Bertz CT molecular complexity index is 1000. The molecule has 0 fully saturated rings. The van der Waals surface area contributed by atoms with Crippen molar-refractivity contribution in [3.8, 4) is 0 Å². The van der Waals surface area contributed by atoms with Crippen LogP contribution in [0.25, 0.3) is 21.3 Å². The summed E-state index contributed by atoms with van der Waals surface area (Å²) in [6, 6.07) is 13.0. The third-order valence-corrected chi connectivity index (χ3v) is 6.05. The van der Waals surface area contributed by atoms with Gasteiger partial charge in [-0.2, -0.15) is 8.75 Å². The number of fused-ring (bicyclic) bond motifs is 2. The van der Waals surface area contributed by atoms with Gasteiger partial charge in [-0.25, -0.2) is 4.98 Å². The second kappa shape index (κ2) is 6.22. The van der Waals surface area contributed by atoms with Crippen molar-refractivity contribution in [3.63, 3.8) is 0 Å². The van der Waals surface area contributed by atoms with E-state index in [1.54, 1.807) is 0 Å². The van der Waals surface area contributed by atoms with Crippen LogP contribution >= 0.6 is 23.1 Å². The van der Waals surface area contributed by atoms with Gasteiger partial charge in [0, 0.05) is 6.42 Å². The lowest BCUT2D eigenvalue weighted by atomic mass is 9.98. The molecular formula is C19H19N3S2. The molecule has 2 heterocycles. The summed E-state index contributed by atoms with van der Waals surface area (Å²) in [5.41, 5.74) is 5.78. The monoisotopic (exact) mass is 353 g/mol. The summed E-state index contributed by atoms with van der Waals surface area (Å²) in [7, 11) is 0. The van der Waals surface area contributed by atoms with E-state index < -0.39 is 0 Å². The van der Waals surface area contributed by atoms with Gasteiger partial charge in [0.15, 0.2) is 0 Å². The Balaban J connectivity index is 1.60. The number of aromatic nitrogens is 3. The maximum atomic E-state index is 4.82. The Morgan fingerprint density at radius 2 is 1.62 bits per heavy atom. The molecular weight excluding hydrogens is 334 g/mol. The summed E-state index contributed by atoms with van der Waals surface area (Å²) < 4.78 is 9.92. The summed E-state index contributed by atoms with van der Waals surface area (Å²) in [6.07, 6.45) is 0.958. The molecule has 3 nitrogen and oxygen atoms in total. The minimum atomic E-state index is 0.418. The first kappa shape index (κ1) is 15.7. The van der Waals surface area contributed by atoms with Gasteiger partial charge in [-0.05, 0) is 47.2 Å². The highest BCUT2D eigenvalue weighted by atomic mass is 32.1. The molecule has 0 spiro atoms. The molecule has 4 rings (SSSR count). The molecule has 122 valence electrons. The van der Waals surface area contributed by atoms with Gasteiger partial charge in [-0.15, -0.1) is 11.3 Å². The Labute approximate surface area is 149 Å². The van der Waals surface area contributed by atoms with E-state index in [2.05, 4.69) is 65.9 Å². The molecule has 2 aromatic heterocycles. The minimum Gasteiger partial charge on any atom is -0.241 e. The smallest absolute Gasteiger partial charge is 0.105 e. The van der Waals surface area contributed by atoms with Gasteiger partial charge in [-0.1, -0.05) is 32.9 Å². The molecule has 0 radical (unpaired) electrons. The molecule has 1 unspecified atom stereocenters. The molecule has 4 aromatic rings. The van der Waals surface area contributed by atoms with Crippen LogP contribution in [0.3, 0.4) is 0 Å². The van der Waals surface area contributed by atoms with Crippen LogP contribution in [0.2, 0.25) is 0 Å². The summed E-state index contributed by atoms with van der Waals surface area (Å²) >= 11 is 3.09. The van der Waals surface area contributed by atoms with E-state index in [-0.39, 0.29) is 0 Å². The maximum Gasteiger partial charge on any atom is 0.105 e. The van der Waals surface area contributed by atoms with Gasteiger partial charge >= 0.3 is 0 Å². The summed E-state index contributed by atoms with van der Waals surface area (Å²) in [5.74, 6) is 0.971. The van der Waals surface area contributed by atoms with Crippen LogP contribution in [0.1, 0.15) is 48.7 Å². The molecule has 0 aliphatic carbocycles. The zero-order valence-corrected chi connectivity index (χ0v) is 15.6. The van der Waals surface area contributed by atoms with E-state index in [1.165, 1.54) is 32.6 Å². The van der Waals surface area contributed by atoms with Gasteiger partial charge < -0.3 is 0 Å². The van der Waals surface area contributed by atoms with E-state index in [0.717, 1.165) is 23.0 Å². The highest BCUT2D eigenvalue weighted by Crippen LogP contribution is 2.30. The van der Waals surface area contributed by atoms with E-state index in [1.807, 2.05) is 11.3 Å².